The first-order chi connectivity index (χ1) is 31.9. The summed E-state index contributed by atoms with van der Waals surface area (Å²) in [4.78, 5) is 28.7. The van der Waals surface area contributed by atoms with Crippen LogP contribution < -0.4 is 0 Å². The smallest absolute Gasteiger partial charge is 0.208 e. The van der Waals surface area contributed by atoms with Crippen molar-refractivity contribution in [3.8, 4) is 90.6 Å². The standard InChI is InChI=1S/C54H32F6N6/c55-53(56,57)42-27-23-36(24-28-42)49-61-47(34-11-3-1-4-12-34)63-51(65-49)40-19-7-17-38(31-40)44-21-9-15-33-16-10-22-45(46(33)44)39-18-8-20-41(32-39)52-64-48(35-13-5-2-6-14-35)62-50(66-52)37-25-29-43(30-26-37)54(58,59)60/h1-32H. The number of fused-ring (bicyclic) bond motifs is 1. The van der Waals surface area contributed by atoms with Gasteiger partial charge in [-0.25, -0.2) is 29.9 Å². The third-order valence-electron chi connectivity index (χ3n) is 11.0. The quantitative estimate of drug-likeness (QED) is 0.142. The first kappa shape index (κ1) is 41.6. The second-order valence-electron chi connectivity index (χ2n) is 15.4. The van der Waals surface area contributed by atoms with Crippen molar-refractivity contribution in [2.75, 3.05) is 0 Å². The predicted molar refractivity (Wildman–Crippen MR) is 244 cm³/mol. The Morgan fingerprint density at radius 1 is 0.258 bits per heavy atom. The average Bonchev–Trinajstić information content (AvgIpc) is 3.36. The number of benzene rings is 8. The SMILES string of the molecule is FC(F)(F)c1ccc(-c2nc(-c3ccccc3)nc(-c3cccc(-c4cccc5cccc(-c6cccc(-c7nc(-c8ccccc8)nc(-c8ccc(C(F)(F)F)cc8)n7)c6)c45)c3)n2)cc1. The molecule has 10 rings (SSSR count). The highest BCUT2D eigenvalue weighted by molar-refractivity contribution is 6.07. The highest BCUT2D eigenvalue weighted by Crippen LogP contribution is 2.40. The van der Waals surface area contributed by atoms with Crippen LogP contribution in [-0.2, 0) is 12.4 Å². The molecule has 8 aromatic carbocycles. The molecule has 0 unspecified atom stereocenters. The normalized spacial score (nSPS) is 11.8. The molecule has 0 saturated carbocycles. The molecule has 10 aromatic rings. The molecule has 0 aliphatic heterocycles. The van der Waals surface area contributed by atoms with Crippen molar-refractivity contribution in [2.45, 2.75) is 12.4 Å². The van der Waals surface area contributed by atoms with Crippen molar-refractivity contribution in [1.82, 2.24) is 29.9 Å². The fourth-order valence-corrected chi connectivity index (χ4v) is 7.79. The van der Waals surface area contributed by atoms with E-state index < -0.39 is 23.5 Å². The van der Waals surface area contributed by atoms with Gasteiger partial charge in [0, 0.05) is 33.4 Å². The van der Waals surface area contributed by atoms with Gasteiger partial charge in [-0.1, -0.05) is 158 Å². The molecule has 2 heterocycles. The molecule has 0 aliphatic carbocycles. The maximum Gasteiger partial charge on any atom is 0.416 e. The van der Waals surface area contributed by atoms with Crippen LogP contribution in [0.15, 0.2) is 194 Å². The number of nitrogens with zero attached hydrogens (tertiary/aromatic N) is 6. The first-order valence-electron chi connectivity index (χ1n) is 20.7. The predicted octanol–water partition coefficient (Wildman–Crippen LogP) is 14.6. The maximum atomic E-state index is 13.5. The minimum atomic E-state index is -4.49. The number of aromatic nitrogens is 6. The van der Waals surface area contributed by atoms with Gasteiger partial charge in [-0.15, -0.1) is 0 Å². The van der Waals surface area contributed by atoms with Crippen LogP contribution in [-0.4, -0.2) is 29.9 Å². The van der Waals surface area contributed by atoms with Gasteiger partial charge < -0.3 is 0 Å². The number of hydrogen-bond donors (Lipinski definition) is 0. The Balaban J connectivity index is 1.07. The van der Waals surface area contributed by atoms with Gasteiger partial charge in [0.05, 0.1) is 11.1 Å². The van der Waals surface area contributed by atoms with E-state index in [2.05, 4.69) is 9.97 Å². The van der Waals surface area contributed by atoms with E-state index in [0.717, 1.165) is 68.4 Å². The summed E-state index contributed by atoms with van der Waals surface area (Å²) in [6, 6.07) is 55.9. The van der Waals surface area contributed by atoms with E-state index in [-0.39, 0.29) is 11.6 Å². The van der Waals surface area contributed by atoms with Gasteiger partial charge in [-0.2, -0.15) is 26.3 Å². The molecule has 66 heavy (non-hydrogen) atoms. The van der Waals surface area contributed by atoms with Crippen LogP contribution in [0.3, 0.4) is 0 Å². The molecule has 2 aromatic heterocycles. The lowest BCUT2D eigenvalue weighted by Crippen LogP contribution is -2.05. The van der Waals surface area contributed by atoms with Crippen LogP contribution in [0.1, 0.15) is 11.1 Å². The van der Waals surface area contributed by atoms with E-state index in [1.54, 1.807) is 0 Å². The molecule has 0 radical (unpaired) electrons. The summed E-state index contributed by atoms with van der Waals surface area (Å²) in [5.74, 6) is 1.88. The van der Waals surface area contributed by atoms with Crippen molar-refractivity contribution < 1.29 is 26.3 Å². The van der Waals surface area contributed by atoms with Gasteiger partial charge in [0.1, 0.15) is 0 Å². The molecule has 0 spiro atoms. The summed E-state index contributed by atoms with van der Waals surface area (Å²) in [6.07, 6.45) is -8.98. The highest BCUT2D eigenvalue weighted by atomic mass is 19.4. The second-order valence-corrected chi connectivity index (χ2v) is 15.4. The molecule has 12 heteroatoms. The summed E-state index contributed by atoms with van der Waals surface area (Å²) >= 11 is 0. The number of alkyl halides is 6. The van der Waals surface area contributed by atoms with E-state index in [9.17, 15) is 26.3 Å². The minimum absolute atomic E-state index is 0.228. The van der Waals surface area contributed by atoms with Crippen LogP contribution in [0.4, 0.5) is 26.3 Å². The van der Waals surface area contributed by atoms with Crippen LogP contribution in [0.5, 0.6) is 0 Å². The van der Waals surface area contributed by atoms with E-state index >= 15 is 0 Å². The van der Waals surface area contributed by atoms with Crippen molar-refractivity contribution in [1.29, 1.82) is 0 Å². The van der Waals surface area contributed by atoms with Crippen LogP contribution >= 0.6 is 0 Å². The Hall–Kier alpha value is -8.38. The van der Waals surface area contributed by atoms with Gasteiger partial charge in [0.2, 0.25) is 0 Å². The first-order valence-corrected chi connectivity index (χ1v) is 20.7. The van der Waals surface area contributed by atoms with E-state index in [0.29, 0.717) is 45.6 Å². The van der Waals surface area contributed by atoms with Crippen molar-refractivity contribution in [3.63, 3.8) is 0 Å². The lowest BCUT2D eigenvalue weighted by Gasteiger charge is -2.15. The number of rotatable bonds is 8. The Morgan fingerprint density at radius 2 is 0.545 bits per heavy atom. The van der Waals surface area contributed by atoms with E-state index in [4.69, 9.17) is 19.9 Å². The lowest BCUT2D eigenvalue weighted by atomic mass is 9.90. The molecule has 0 N–H and O–H groups in total. The molecule has 6 nitrogen and oxygen atoms in total. The zero-order valence-electron chi connectivity index (χ0n) is 34.4. The van der Waals surface area contributed by atoms with Gasteiger partial charge >= 0.3 is 12.4 Å². The van der Waals surface area contributed by atoms with Crippen molar-refractivity contribution in [2.24, 2.45) is 0 Å². The Kier molecular flexibility index (Phi) is 10.7. The lowest BCUT2D eigenvalue weighted by molar-refractivity contribution is -0.138. The molecular formula is C54H32F6N6. The molecule has 0 atom stereocenters. The van der Waals surface area contributed by atoms with Crippen molar-refractivity contribution in [3.05, 3.63) is 205 Å². The third kappa shape index (κ3) is 8.51. The molecule has 320 valence electrons. The van der Waals surface area contributed by atoms with Crippen LogP contribution in [0.2, 0.25) is 0 Å². The van der Waals surface area contributed by atoms with Gasteiger partial charge in [-0.3, -0.25) is 0 Å². The molecule has 0 fully saturated rings. The second kappa shape index (κ2) is 17.0. The van der Waals surface area contributed by atoms with Gasteiger partial charge in [0.15, 0.2) is 34.9 Å². The number of halogens is 6. The summed E-state index contributed by atoms with van der Waals surface area (Å²) in [5, 5.41) is 1.94. The average molecular weight is 879 g/mol. The topological polar surface area (TPSA) is 77.3 Å². The molecule has 0 amide bonds. The van der Waals surface area contributed by atoms with E-state index in [1.165, 1.54) is 24.3 Å². The maximum absolute atomic E-state index is 13.5. The fourth-order valence-electron chi connectivity index (χ4n) is 7.79. The van der Waals surface area contributed by atoms with Crippen molar-refractivity contribution >= 4 is 10.8 Å². The monoisotopic (exact) mass is 878 g/mol. The Morgan fingerprint density at radius 3 is 0.894 bits per heavy atom. The molecule has 0 saturated heterocycles. The minimum Gasteiger partial charge on any atom is -0.208 e. The Bertz CT molecular complexity index is 3150. The van der Waals surface area contributed by atoms with Gasteiger partial charge in [0.25, 0.3) is 0 Å². The summed E-state index contributed by atoms with van der Waals surface area (Å²) in [6.45, 7) is 0. The largest absolute Gasteiger partial charge is 0.416 e. The zero-order valence-corrected chi connectivity index (χ0v) is 34.4. The van der Waals surface area contributed by atoms with E-state index in [1.807, 2.05) is 146 Å². The van der Waals surface area contributed by atoms with Crippen LogP contribution in [0.25, 0.3) is 101 Å². The molecular weight excluding hydrogens is 847 g/mol. The fraction of sp³-hybridized carbons (Fsp3) is 0.0370. The number of hydrogen-bond acceptors (Lipinski definition) is 6. The third-order valence-corrected chi connectivity index (χ3v) is 11.0. The van der Waals surface area contributed by atoms with Crippen LogP contribution in [0, 0.1) is 0 Å². The summed E-state index contributed by atoms with van der Waals surface area (Å²) < 4.78 is 80.8. The van der Waals surface area contributed by atoms with Gasteiger partial charge in [-0.05, 0) is 69.4 Å². The summed E-state index contributed by atoms with van der Waals surface area (Å²) in [5.41, 5.74) is 5.63. The summed E-state index contributed by atoms with van der Waals surface area (Å²) in [7, 11) is 0. The Labute approximate surface area is 374 Å². The molecule has 0 bridgehead atoms. The zero-order chi connectivity index (χ0) is 45.4. The highest BCUT2D eigenvalue weighted by Gasteiger charge is 2.31. The molecule has 0 aliphatic rings.